The summed E-state index contributed by atoms with van der Waals surface area (Å²) in [5, 5.41) is 11.0. The Kier molecular flexibility index (Phi) is 7.44. The molecule has 3 aromatic carbocycles. The van der Waals surface area contributed by atoms with Crippen LogP contribution in [0.5, 0.6) is 11.5 Å². The summed E-state index contributed by atoms with van der Waals surface area (Å²) in [5.74, 6) is -0.510. The number of rotatable bonds is 10. The van der Waals surface area contributed by atoms with Gasteiger partial charge in [-0.25, -0.2) is 0 Å². The molecule has 0 spiro atoms. The van der Waals surface area contributed by atoms with Crippen LogP contribution in [0.2, 0.25) is 0 Å². The lowest BCUT2D eigenvalue weighted by atomic mass is 9.85. The Labute approximate surface area is 182 Å². The molecule has 0 radical (unpaired) electrons. The third kappa shape index (κ3) is 5.95. The number of ketones is 1. The molecule has 0 saturated carbocycles. The highest BCUT2D eigenvalue weighted by Gasteiger charge is 2.23. The van der Waals surface area contributed by atoms with Crippen molar-refractivity contribution in [2.75, 3.05) is 7.11 Å². The van der Waals surface area contributed by atoms with Crippen LogP contribution in [0.4, 0.5) is 0 Å². The first kappa shape index (κ1) is 22.1. The van der Waals surface area contributed by atoms with Gasteiger partial charge in [0.05, 0.1) is 7.11 Å². The lowest BCUT2D eigenvalue weighted by Gasteiger charge is -2.19. The van der Waals surface area contributed by atoms with E-state index in [0.717, 1.165) is 22.4 Å². The summed E-state index contributed by atoms with van der Waals surface area (Å²) in [6, 6.07) is 22.1. The van der Waals surface area contributed by atoms with Gasteiger partial charge in [0.1, 0.15) is 18.1 Å². The van der Waals surface area contributed by atoms with E-state index in [9.17, 15) is 14.7 Å². The number of carboxylic acid groups (broad SMARTS) is 1. The predicted molar refractivity (Wildman–Crippen MR) is 116 cm³/mol. The van der Waals surface area contributed by atoms with Gasteiger partial charge in [0.15, 0.2) is 5.78 Å². The molecule has 31 heavy (non-hydrogen) atoms. The van der Waals surface area contributed by atoms with Gasteiger partial charge in [0.25, 0.3) is 0 Å². The molecule has 0 heterocycles. The molecule has 0 bridgehead atoms. The van der Waals surface area contributed by atoms with Crippen LogP contribution in [0.3, 0.4) is 0 Å². The Morgan fingerprint density at radius 2 is 1.68 bits per heavy atom. The highest BCUT2D eigenvalue weighted by atomic mass is 16.5. The second-order valence-corrected chi connectivity index (χ2v) is 7.35. The van der Waals surface area contributed by atoms with Crippen molar-refractivity contribution >= 4 is 11.8 Å². The molecule has 0 N–H and O–H groups in total. The van der Waals surface area contributed by atoms with E-state index >= 15 is 0 Å². The molecule has 5 heteroatoms. The molecule has 3 rings (SSSR count). The summed E-state index contributed by atoms with van der Waals surface area (Å²) in [7, 11) is 1.62. The van der Waals surface area contributed by atoms with Gasteiger partial charge in [-0.2, -0.15) is 0 Å². The fraction of sp³-hybridized carbons (Fsp3) is 0.231. The van der Waals surface area contributed by atoms with E-state index in [2.05, 4.69) is 0 Å². The van der Waals surface area contributed by atoms with E-state index in [1.807, 2.05) is 55.5 Å². The molecule has 0 fully saturated rings. The minimum absolute atomic E-state index is 0.134. The second kappa shape index (κ2) is 10.4. The average molecular weight is 417 g/mol. The van der Waals surface area contributed by atoms with Crippen LogP contribution >= 0.6 is 0 Å². The standard InChI is InChI=1S/C26H26O5/c1-18-6-3-4-9-23(18)24(14-15-25(27)28)26(29)20-7-5-8-22(16-20)31-17-19-10-12-21(30-2)13-11-19/h3-13,16,24H,14-15,17H2,1-2H3,(H,27,28)/p-1. The number of carbonyl (C=O) groups is 2. The fourth-order valence-electron chi connectivity index (χ4n) is 3.50. The summed E-state index contributed by atoms with van der Waals surface area (Å²) in [6.45, 7) is 2.27. The molecule has 1 atom stereocenters. The number of hydrogen-bond acceptors (Lipinski definition) is 5. The quantitative estimate of drug-likeness (QED) is 0.465. The van der Waals surface area contributed by atoms with Gasteiger partial charge >= 0.3 is 0 Å². The van der Waals surface area contributed by atoms with Crippen LogP contribution in [0.1, 0.15) is 45.8 Å². The van der Waals surface area contributed by atoms with E-state index in [1.54, 1.807) is 31.4 Å². The minimum Gasteiger partial charge on any atom is -0.550 e. The van der Waals surface area contributed by atoms with Crippen LogP contribution in [0.25, 0.3) is 0 Å². The molecule has 0 aliphatic carbocycles. The van der Waals surface area contributed by atoms with Gasteiger partial charge in [0.2, 0.25) is 0 Å². The largest absolute Gasteiger partial charge is 0.550 e. The number of carbonyl (C=O) groups excluding carboxylic acids is 2. The first-order chi connectivity index (χ1) is 15.0. The molecule has 160 valence electrons. The number of aliphatic carboxylic acids is 1. The van der Waals surface area contributed by atoms with E-state index in [4.69, 9.17) is 9.47 Å². The minimum atomic E-state index is -1.16. The summed E-state index contributed by atoms with van der Waals surface area (Å²) in [6.07, 6.45) is 0.00134. The van der Waals surface area contributed by atoms with Crippen LogP contribution in [0.15, 0.2) is 72.8 Å². The molecular formula is C26H25O5-. The van der Waals surface area contributed by atoms with Gasteiger partial charge in [0, 0.05) is 17.5 Å². The third-order valence-electron chi connectivity index (χ3n) is 5.20. The monoisotopic (exact) mass is 417 g/mol. The van der Waals surface area contributed by atoms with Crippen molar-refractivity contribution < 1.29 is 24.2 Å². The first-order valence-corrected chi connectivity index (χ1v) is 10.1. The molecular weight excluding hydrogens is 392 g/mol. The summed E-state index contributed by atoms with van der Waals surface area (Å²) in [4.78, 5) is 24.4. The fourth-order valence-corrected chi connectivity index (χ4v) is 3.50. The van der Waals surface area contributed by atoms with Gasteiger partial charge < -0.3 is 19.4 Å². The normalized spacial score (nSPS) is 11.5. The Bertz CT molecular complexity index is 1040. The number of aryl methyl sites for hydroxylation is 1. The van der Waals surface area contributed by atoms with Crippen LogP contribution in [0, 0.1) is 6.92 Å². The van der Waals surface area contributed by atoms with E-state index in [-0.39, 0.29) is 18.6 Å². The molecule has 0 saturated heterocycles. The first-order valence-electron chi connectivity index (χ1n) is 10.1. The zero-order chi connectivity index (χ0) is 22.2. The van der Waals surface area contributed by atoms with E-state index in [0.29, 0.717) is 17.9 Å². The molecule has 3 aromatic rings. The molecule has 0 aromatic heterocycles. The topological polar surface area (TPSA) is 75.7 Å². The second-order valence-electron chi connectivity index (χ2n) is 7.35. The van der Waals surface area contributed by atoms with Gasteiger partial charge in [-0.05, 0) is 60.7 Å². The predicted octanol–water partition coefficient (Wildman–Crippen LogP) is 4.08. The van der Waals surface area contributed by atoms with Crippen molar-refractivity contribution in [3.8, 4) is 11.5 Å². The molecule has 0 aliphatic rings. The Balaban J connectivity index is 1.78. The lowest BCUT2D eigenvalue weighted by molar-refractivity contribution is -0.305. The van der Waals surface area contributed by atoms with Crippen molar-refractivity contribution in [1.29, 1.82) is 0 Å². The van der Waals surface area contributed by atoms with Crippen LogP contribution < -0.4 is 14.6 Å². The number of carboxylic acids is 1. The lowest BCUT2D eigenvalue weighted by Crippen LogP contribution is -2.24. The van der Waals surface area contributed by atoms with Crippen molar-refractivity contribution in [1.82, 2.24) is 0 Å². The van der Waals surface area contributed by atoms with Crippen LogP contribution in [-0.2, 0) is 11.4 Å². The molecule has 0 aliphatic heterocycles. The SMILES string of the molecule is COc1ccc(COc2cccc(C(=O)C(CCC(=O)[O-])c3ccccc3C)c2)cc1. The van der Waals surface area contributed by atoms with Gasteiger partial charge in [-0.3, -0.25) is 4.79 Å². The number of ether oxygens (including phenoxy) is 2. The number of methoxy groups -OCH3 is 1. The van der Waals surface area contributed by atoms with Crippen molar-refractivity contribution in [3.63, 3.8) is 0 Å². The zero-order valence-electron chi connectivity index (χ0n) is 17.7. The van der Waals surface area contributed by atoms with E-state index in [1.165, 1.54) is 0 Å². The van der Waals surface area contributed by atoms with Crippen molar-refractivity contribution in [2.45, 2.75) is 32.3 Å². The van der Waals surface area contributed by atoms with Gasteiger partial charge in [-0.15, -0.1) is 0 Å². The maximum atomic E-state index is 13.3. The number of benzene rings is 3. The Morgan fingerprint density at radius 3 is 2.35 bits per heavy atom. The summed E-state index contributed by atoms with van der Waals surface area (Å²) >= 11 is 0. The maximum absolute atomic E-state index is 13.3. The van der Waals surface area contributed by atoms with E-state index < -0.39 is 11.9 Å². The smallest absolute Gasteiger partial charge is 0.170 e. The van der Waals surface area contributed by atoms with Crippen LogP contribution in [-0.4, -0.2) is 18.9 Å². The number of Topliss-reactive ketones (excluding diaryl/α,β-unsaturated/α-hetero) is 1. The van der Waals surface area contributed by atoms with Gasteiger partial charge in [-0.1, -0.05) is 48.5 Å². The number of hydrogen-bond donors (Lipinski definition) is 0. The summed E-state index contributed by atoms with van der Waals surface area (Å²) < 4.78 is 11.0. The Hall–Kier alpha value is -3.60. The third-order valence-corrected chi connectivity index (χ3v) is 5.20. The summed E-state index contributed by atoms with van der Waals surface area (Å²) in [5.41, 5.74) is 3.24. The van der Waals surface area contributed by atoms with Crippen molar-refractivity contribution in [2.24, 2.45) is 0 Å². The zero-order valence-corrected chi connectivity index (χ0v) is 17.7. The molecule has 1 unspecified atom stereocenters. The van der Waals surface area contributed by atoms with Crippen molar-refractivity contribution in [3.05, 3.63) is 95.1 Å². The average Bonchev–Trinajstić information content (AvgIpc) is 2.79. The molecule has 5 nitrogen and oxygen atoms in total. The maximum Gasteiger partial charge on any atom is 0.170 e. The highest BCUT2D eigenvalue weighted by molar-refractivity contribution is 6.01. The Morgan fingerprint density at radius 1 is 0.935 bits per heavy atom. The highest BCUT2D eigenvalue weighted by Crippen LogP contribution is 2.29. The molecule has 0 amide bonds.